The number of hydrogen-bond acceptors (Lipinski definition) is 3. The number of piperazine rings is 1. The maximum Gasteiger partial charge on any atom is 0.123 e. The lowest BCUT2D eigenvalue weighted by atomic mass is 10.1. The van der Waals surface area contributed by atoms with Gasteiger partial charge < -0.3 is 15.0 Å². The minimum absolute atomic E-state index is 0.484. The van der Waals surface area contributed by atoms with Crippen LogP contribution in [0.15, 0.2) is 30.3 Å². The van der Waals surface area contributed by atoms with Crippen molar-refractivity contribution in [3.05, 3.63) is 35.9 Å². The van der Waals surface area contributed by atoms with Crippen molar-refractivity contribution in [3.63, 3.8) is 0 Å². The molecular formula is C14H18N2O. The summed E-state index contributed by atoms with van der Waals surface area (Å²) < 4.78 is 0. The van der Waals surface area contributed by atoms with Gasteiger partial charge in [-0.2, -0.15) is 0 Å². The molecule has 1 aromatic rings. The smallest absolute Gasteiger partial charge is 0.123 e. The molecule has 0 amide bonds. The van der Waals surface area contributed by atoms with Gasteiger partial charge in [-0.25, -0.2) is 0 Å². The van der Waals surface area contributed by atoms with Crippen LogP contribution in [-0.4, -0.2) is 32.5 Å². The number of carbonyl (C=O) groups excluding carboxylic acids is 1. The SMILES string of the molecule is O=CCC=Cc1cccc(N2CCNCC2)c1. The van der Waals surface area contributed by atoms with Gasteiger partial charge >= 0.3 is 0 Å². The minimum Gasteiger partial charge on any atom is -0.369 e. The first-order valence-corrected chi connectivity index (χ1v) is 6.06. The third-order valence-electron chi connectivity index (χ3n) is 2.89. The first-order chi connectivity index (χ1) is 8.40. The van der Waals surface area contributed by atoms with Crippen LogP contribution in [0.5, 0.6) is 0 Å². The molecule has 1 fully saturated rings. The van der Waals surface area contributed by atoms with Crippen LogP contribution in [-0.2, 0) is 4.79 Å². The van der Waals surface area contributed by atoms with Gasteiger partial charge in [-0.05, 0) is 17.7 Å². The molecular weight excluding hydrogens is 212 g/mol. The van der Waals surface area contributed by atoms with Gasteiger partial charge in [0.25, 0.3) is 0 Å². The highest BCUT2D eigenvalue weighted by Gasteiger charge is 2.09. The second-order valence-corrected chi connectivity index (χ2v) is 4.14. The molecule has 0 unspecified atom stereocenters. The first-order valence-electron chi connectivity index (χ1n) is 6.06. The summed E-state index contributed by atoms with van der Waals surface area (Å²) in [6, 6.07) is 8.44. The maximum atomic E-state index is 10.2. The molecule has 0 bridgehead atoms. The zero-order chi connectivity index (χ0) is 11.9. The Morgan fingerprint density at radius 2 is 2.12 bits per heavy atom. The molecule has 0 saturated carbocycles. The number of benzene rings is 1. The number of rotatable bonds is 4. The number of aldehydes is 1. The van der Waals surface area contributed by atoms with E-state index in [1.165, 1.54) is 5.69 Å². The Balaban J connectivity index is 2.07. The van der Waals surface area contributed by atoms with Crippen LogP contribution in [0.25, 0.3) is 6.08 Å². The average Bonchev–Trinajstić information content (AvgIpc) is 2.41. The molecule has 1 heterocycles. The van der Waals surface area contributed by atoms with Crippen molar-refractivity contribution in [3.8, 4) is 0 Å². The van der Waals surface area contributed by atoms with Crippen LogP contribution in [0, 0.1) is 0 Å². The molecule has 0 aliphatic carbocycles. The molecule has 90 valence electrons. The molecule has 1 N–H and O–H groups in total. The van der Waals surface area contributed by atoms with Crippen LogP contribution in [0.2, 0.25) is 0 Å². The molecule has 1 aromatic carbocycles. The Morgan fingerprint density at radius 1 is 1.29 bits per heavy atom. The highest BCUT2D eigenvalue weighted by molar-refractivity contribution is 5.61. The van der Waals surface area contributed by atoms with E-state index in [1.807, 2.05) is 12.2 Å². The molecule has 3 heteroatoms. The highest BCUT2D eigenvalue weighted by atomic mass is 16.1. The van der Waals surface area contributed by atoms with Gasteiger partial charge in [0.1, 0.15) is 6.29 Å². The van der Waals surface area contributed by atoms with E-state index in [9.17, 15) is 4.79 Å². The van der Waals surface area contributed by atoms with E-state index in [0.29, 0.717) is 6.42 Å². The summed E-state index contributed by atoms with van der Waals surface area (Å²) in [4.78, 5) is 12.6. The van der Waals surface area contributed by atoms with Crippen molar-refractivity contribution in [1.82, 2.24) is 5.32 Å². The Morgan fingerprint density at radius 3 is 2.88 bits per heavy atom. The average molecular weight is 230 g/mol. The summed E-state index contributed by atoms with van der Waals surface area (Å²) in [5.74, 6) is 0. The number of anilines is 1. The third-order valence-corrected chi connectivity index (χ3v) is 2.89. The lowest BCUT2D eigenvalue weighted by molar-refractivity contribution is -0.107. The van der Waals surface area contributed by atoms with E-state index in [1.54, 1.807) is 0 Å². The predicted molar refractivity (Wildman–Crippen MR) is 71.2 cm³/mol. The van der Waals surface area contributed by atoms with E-state index in [4.69, 9.17) is 0 Å². The maximum absolute atomic E-state index is 10.2. The van der Waals surface area contributed by atoms with Gasteiger partial charge in [-0.3, -0.25) is 0 Å². The molecule has 2 rings (SSSR count). The fourth-order valence-corrected chi connectivity index (χ4v) is 2.01. The molecule has 1 aliphatic rings. The second kappa shape index (κ2) is 6.21. The van der Waals surface area contributed by atoms with Gasteiger partial charge in [0.15, 0.2) is 0 Å². The van der Waals surface area contributed by atoms with Crippen LogP contribution in [0.3, 0.4) is 0 Å². The van der Waals surface area contributed by atoms with Crippen molar-refractivity contribution >= 4 is 18.0 Å². The number of nitrogens with one attached hydrogen (secondary N) is 1. The fourth-order valence-electron chi connectivity index (χ4n) is 2.01. The van der Waals surface area contributed by atoms with Gasteiger partial charge in [0.05, 0.1) is 0 Å². The fraction of sp³-hybridized carbons (Fsp3) is 0.357. The Labute approximate surface area is 102 Å². The zero-order valence-electron chi connectivity index (χ0n) is 9.93. The minimum atomic E-state index is 0.484. The van der Waals surface area contributed by atoms with Crippen molar-refractivity contribution in [2.45, 2.75) is 6.42 Å². The molecule has 0 spiro atoms. The van der Waals surface area contributed by atoms with Crippen molar-refractivity contribution in [2.75, 3.05) is 31.1 Å². The topological polar surface area (TPSA) is 32.3 Å². The van der Waals surface area contributed by atoms with Crippen LogP contribution >= 0.6 is 0 Å². The first kappa shape index (κ1) is 11.9. The molecule has 17 heavy (non-hydrogen) atoms. The van der Waals surface area contributed by atoms with Crippen LogP contribution in [0.4, 0.5) is 5.69 Å². The summed E-state index contributed by atoms with van der Waals surface area (Å²) in [6.45, 7) is 4.21. The largest absolute Gasteiger partial charge is 0.369 e. The summed E-state index contributed by atoms with van der Waals surface area (Å²) in [5.41, 5.74) is 2.42. The molecule has 3 nitrogen and oxygen atoms in total. The standard InChI is InChI=1S/C14H18N2O/c17-11-2-1-4-13-5-3-6-14(12-13)16-9-7-15-8-10-16/h1,3-6,11-12,15H,2,7-10H2. The third kappa shape index (κ3) is 3.43. The van der Waals surface area contributed by atoms with E-state index in [0.717, 1.165) is 38.0 Å². The zero-order valence-corrected chi connectivity index (χ0v) is 9.93. The summed E-state index contributed by atoms with van der Waals surface area (Å²) in [5, 5.41) is 3.35. The molecule has 0 radical (unpaired) electrons. The van der Waals surface area contributed by atoms with E-state index < -0.39 is 0 Å². The lowest BCUT2D eigenvalue weighted by Gasteiger charge is -2.29. The quantitative estimate of drug-likeness (QED) is 0.799. The number of carbonyl (C=O) groups is 1. The molecule has 0 aromatic heterocycles. The number of allylic oxidation sites excluding steroid dienone is 1. The Hall–Kier alpha value is -1.61. The van der Waals surface area contributed by atoms with E-state index in [2.05, 4.69) is 34.5 Å². The highest BCUT2D eigenvalue weighted by Crippen LogP contribution is 2.17. The molecule has 0 atom stereocenters. The number of hydrogen-bond donors (Lipinski definition) is 1. The Bertz CT molecular complexity index is 395. The van der Waals surface area contributed by atoms with Gasteiger partial charge in [-0.15, -0.1) is 0 Å². The van der Waals surface area contributed by atoms with Crippen molar-refractivity contribution < 1.29 is 4.79 Å². The summed E-state index contributed by atoms with van der Waals surface area (Å²) in [6.07, 6.45) is 5.29. The van der Waals surface area contributed by atoms with E-state index >= 15 is 0 Å². The van der Waals surface area contributed by atoms with Gasteiger partial charge in [-0.1, -0.05) is 24.3 Å². The summed E-state index contributed by atoms with van der Waals surface area (Å²) in [7, 11) is 0. The van der Waals surface area contributed by atoms with Crippen LogP contribution < -0.4 is 10.2 Å². The molecule has 1 saturated heterocycles. The lowest BCUT2D eigenvalue weighted by Crippen LogP contribution is -2.43. The van der Waals surface area contributed by atoms with Gasteiger partial charge in [0, 0.05) is 38.3 Å². The number of nitrogens with zero attached hydrogens (tertiary/aromatic N) is 1. The monoisotopic (exact) mass is 230 g/mol. The Kier molecular flexibility index (Phi) is 4.33. The molecule has 1 aliphatic heterocycles. The second-order valence-electron chi connectivity index (χ2n) is 4.14. The van der Waals surface area contributed by atoms with Gasteiger partial charge in [0.2, 0.25) is 0 Å². The van der Waals surface area contributed by atoms with Crippen LogP contribution in [0.1, 0.15) is 12.0 Å². The van der Waals surface area contributed by atoms with E-state index in [-0.39, 0.29) is 0 Å². The summed E-state index contributed by atoms with van der Waals surface area (Å²) >= 11 is 0. The van der Waals surface area contributed by atoms with Crippen molar-refractivity contribution in [2.24, 2.45) is 0 Å². The predicted octanol–water partition coefficient (Wildman–Crippen LogP) is 1.70. The van der Waals surface area contributed by atoms with Crippen molar-refractivity contribution in [1.29, 1.82) is 0 Å². The normalized spacial score (nSPS) is 16.4.